The van der Waals surface area contributed by atoms with Crippen molar-refractivity contribution < 1.29 is 9.53 Å². The Labute approximate surface area is 139 Å². The summed E-state index contributed by atoms with van der Waals surface area (Å²) in [6, 6.07) is 7.32. The molecule has 1 saturated carbocycles. The topological polar surface area (TPSA) is 69.0 Å². The zero-order valence-corrected chi connectivity index (χ0v) is 14.3. The molecule has 1 heterocycles. The maximum absolute atomic E-state index is 12.4. The van der Waals surface area contributed by atoms with Crippen LogP contribution in [0.4, 0.5) is 5.69 Å². The monoisotopic (exact) mass is 332 g/mol. The molecule has 0 radical (unpaired) electrons. The number of anilines is 1. The van der Waals surface area contributed by atoms with Crippen LogP contribution in [0.1, 0.15) is 31.5 Å². The first-order chi connectivity index (χ1) is 11.1. The van der Waals surface area contributed by atoms with E-state index in [1.54, 1.807) is 13.2 Å². The van der Waals surface area contributed by atoms with Gasteiger partial charge in [0.1, 0.15) is 11.6 Å². The average molecular weight is 332 g/mol. The van der Waals surface area contributed by atoms with E-state index in [0.29, 0.717) is 11.7 Å². The fraction of sp³-hybridized carbons (Fsp3) is 0.438. The lowest BCUT2D eigenvalue weighted by Gasteiger charge is -2.12. The molecular weight excluding hydrogens is 312 g/mol. The smallest absolute Gasteiger partial charge is 0.237 e. The quantitative estimate of drug-likeness (QED) is 0.824. The highest BCUT2D eigenvalue weighted by Gasteiger charge is 2.30. The Bertz CT molecular complexity index is 712. The number of carbonyl (C=O) groups is 1. The number of nitrogens with zero attached hydrogens (tertiary/aromatic N) is 3. The third kappa shape index (κ3) is 3.67. The second-order valence-corrected chi connectivity index (χ2v) is 6.96. The van der Waals surface area contributed by atoms with E-state index in [9.17, 15) is 4.79 Å². The molecule has 1 aromatic carbocycles. The number of ether oxygens (including phenoxy) is 1. The predicted octanol–water partition coefficient (Wildman–Crippen LogP) is 2.82. The summed E-state index contributed by atoms with van der Waals surface area (Å²) in [4.78, 5) is 12.4. The van der Waals surface area contributed by atoms with Crippen LogP contribution < -0.4 is 10.1 Å². The second kappa shape index (κ2) is 6.62. The van der Waals surface area contributed by atoms with Crippen molar-refractivity contribution in [1.82, 2.24) is 14.8 Å². The molecule has 1 aromatic heterocycles. The van der Waals surface area contributed by atoms with Gasteiger partial charge >= 0.3 is 0 Å². The van der Waals surface area contributed by atoms with Crippen molar-refractivity contribution in [3.05, 3.63) is 30.1 Å². The van der Waals surface area contributed by atoms with Crippen molar-refractivity contribution >= 4 is 23.4 Å². The highest BCUT2D eigenvalue weighted by Crippen LogP contribution is 2.39. The zero-order valence-electron chi connectivity index (χ0n) is 13.4. The van der Waals surface area contributed by atoms with Crippen molar-refractivity contribution in [2.24, 2.45) is 7.05 Å². The number of carbonyl (C=O) groups excluding carboxylic acids is 1. The van der Waals surface area contributed by atoms with Crippen molar-refractivity contribution in [1.29, 1.82) is 0 Å². The van der Waals surface area contributed by atoms with Crippen LogP contribution >= 0.6 is 11.8 Å². The summed E-state index contributed by atoms with van der Waals surface area (Å²) in [5.41, 5.74) is 0.721. The van der Waals surface area contributed by atoms with Gasteiger partial charge in [0.2, 0.25) is 5.91 Å². The van der Waals surface area contributed by atoms with Crippen LogP contribution in [0, 0.1) is 0 Å². The molecule has 6 nitrogen and oxygen atoms in total. The summed E-state index contributed by atoms with van der Waals surface area (Å²) in [6.07, 6.45) is 2.37. The molecule has 1 atom stereocenters. The Kier molecular flexibility index (Phi) is 4.56. The molecule has 0 aliphatic heterocycles. The van der Waals surface area contributed by atoms with Gasteiger partial charge in [0.25, 0.3) is 0 Å². The van der Waals surface area contributed by atoms with Crippen molar-refractivity contribution in [2.45, 2.75) is 36.1 Å². The largest absolute Gasteiger partial charge is 0.497 e. The van der Waals surface area contributed by atoms with Crippen LogP contribution in [0.25, 0.3) is 0 Å². The fourth-order valence-electron chi connectivity index (χ4n) is 2.28. The van der Waals surface area contributed by atoms with Gasteiger partial charge in [0.05, 0.1) is 12.4 Å². The minimum Gasteiger partial charge on any atom is -0.497 e. The Morgan fingerprint density at radius 1 is 1.43 bits per heavy atom. The Hall–Kier alpha value is -2.02. The lowest BCUT2D eigenvalue weighted by Crippen LogP contribution is -2.22. The van der Waals surface area contributed by atoms with Gasteiger partial charge in [-0.05, 0) is 31.9 Å². The highest BCUT2D eigenvalue weighted by molar-refractivity contribution is 8.00. The van der Waals surface area contributed by atoms with E-state index in [2.05, 4.69) is 15.5 Å². The highest BCUT2D eigenvalue weighted by atomic mass is 32.2. The van der Waals surface area contributed by atoms with E-state index in [0.717, 1.165) is 16.7 Å². The summed E-state index contributed by atoms with van der Waals surface area (Å²) in [5, 5.41) is 11.9. The molecule has 1 aliphatic carbocycles. The molecule has 3 rings (SSSR count). The molecule has 0 saturated heterocycles. The molecule has 1 N–H and O–H groups in total. The lowest BCUT2D eigenvalue weighted by atomic mass is 10.3. The van der Waals surface area contributed by atoms with E-state index < -0.39 is 0 Å². The third-order valence-corrected chi connectivity index (χ3v) is 4.93. The van der Waals surface area contributed by atoms with Gasteiger partial charge in [-0.3, -0.25) is 4.79 Å². The van der Waals surface area contributed by atoms with E-state index in [1.165, 1.54) is 24.6 Å². The number of benzene rings is 1. The van der Waals surface area contributed by atoms with E-state index in [-0.39, 0.29) is 11.2 Å². The zero-order chi connectivity index (χ0) is 16.4. The number of aromatic nitrogens is 3. The molecule has 0 unspecified atom stereocenters. The van der Waals surface area contributed by atoms with Crippen molar-refractivity contribution in [3.63, 3.8) is 0 Å². The van der Waals surface area contributed by atoms with Crippen molar-refractivity contribution in [2.75, 3.05) is 12.4 Å². The second-order valence-electron chi connectivity index (χ2n) is 5.66. The minimum atomic E-state index is -0.267. The van der Waals surface area contributed by atoms with Crippen LogP contribution in [0.3, 0.4) is 0 Å². The molecular formula is C16H20N4O2S. The molecule has 122 valence electrons. The number of hydrogen-bond acceptors (Lipinski definition) is 5. The van der Waals surface area contributed by atoms with Gasteiger partial charge in [0.15, 0.2) is 5.16 Å². The first-order valence-electron chi connectivity index (χ1n) is 7.59. The van der Waals surface area contributed by atoms with Gasteiger partial charge < -0.3 is 14.6 Å². The number of rotatable bonds is 6. The van der Waals surface area contributed by atoms with Crippen LogP contribution in [-0.2, 0) is 11.8 Å². The number of nitrogens with one attached hydrogen (secondary N) is 1. The number of methoxy groups -OCH3 is 1. The average Bonchev–Trinajstić information content (AvgIpc) is 3.33. The van der Waals surface area contributed by atoms with Crippen LogP contribution in [0.15, 0.2) is 29.4 Å². The van der Waals surface area contributed by atoms with Gasteiger partial charge in [-0.2, -0.15) is 0 Å². The number of hydrogen-bond donors (Lipinski definition) is 1. The van der Waals surface area contributed by atoms with Gasteiger partial charge in [-0.1, -0.05) is 17.8 Å². The molecule has 1 amide bonds. The summed E-state index contributed by atoms with van der Waals surface area (Å²) in [6.45, 7) is 1.87. The predicted molar refractivity (Wildman–Crippen MR) is 89.9 cm³/mol. The maximum atomic E-state index is 12.4. The lowest BCUT2D eigenvalue weighted by molar-refractivity contribution is -0.115. The molecule has 2 aromatic rings. The Balaban J connectivity index is 1.63. The van der Waals surface area contributed by atoms with E-state index >= 15 is 0 Å². The van der Waals surface area contributed by atoms with Crippen molar-refractivity contribution in [3.8, 4) is 5.75 Å². The maximum Gasteiger partial charge on any atom is 0.237 e. The number of thioether (sulfide) groups is 1. The number of amides is 1. The standard InChI is InChI=1S/C16H20N4O2S/c1-10(15(21)17-12-5-4-6-13(9-12)22-3)23-16-19-18-14(20(16)2)11-7-8-11/h4-6,9-11H,7-8H2,1-3H3,(H,17,21)/t10-/m0/s1. The van der Waals surface area contributed by atoms with E-state index in [1.807, 2.05) is 36.7 Å². The van der Waals surface area contributed by atoms with Crippen LogP contribution in [-0.4, -0.2) is 33.0 Å². The Morgan fingerprint density at radius 2 is 2.22 bits per heavy atom. The summed E-state index contributed by atoms with van der Waals surface area (Å²) in [7, 11) is 3.56. The van der Waals surface area contributed by atoms with Crippen LogP contribution in [0.2, 0.25) is 0 Å². The van der Waals surface area contributed by atoms with Gasteiger partial charge in [0, 0.05) is 24.7 Å². The normalized spacial score (nSPS) is 15.3. The molecule has 1 aliphatic rings. The summed E-state index contributed by atoms with van der Waals surface area (Å²) in [5.74, 6) is 2.21. The molecule has 7 heteroatoms. The minimum absolute atomic E-state index is 0.0702. The molecule has 23 heavy (non-hydrogen) atoms. The fourth-order valence-corrected chi connectivity index (χ4v) is 3.10. The molecule has 0 spiro atoms. The first kappa shape index (κ1) is 15.9. The van der Waals surface area contributed by atoms with Gasteiger partial charge in [-0.15, -0.1) is 10.2 Å². The van der Waals surface area contributed by atoms with E-state index in [4.69, 9.17) is 4.74 Å². The van der Waals surface area contributed by atoms with Gasteiger partial charge in [-0.25, -0.2) is 0 Å². The molecule has 0 bridgehead atoms. The SMILES string of the molecule is COc1cccc(NC(=O)[C@H](C)Sc2nnc(C3CC3)n2C)c1. The Morgan fingerprint density at radius 3 is 2.91 bits per heavy atom. The first-order valence-corrected chi connectivity index (χ1v) is 8.47. The summed E-state index contributed by atoms with van der Waals surface area (Å²) < 4.78 is 7.16. The third-order valence-electron chi connectivity index (χ3n) is 3.80. The molecule has 1 fully saturated rings. The van der Waals surface area contributed by atoms with Crippen LogP contribution in [0.5, 0.6) is 5.75 Å². The summed E-state index contributed by atoms with van der Waals surface area (Å²) >= 11 is 1.42.